The molecular formula is C17H21N7O3. The normalized spacial score (nSPS) is 16.8. The number of ether oxygens (including phenoxy) is 1. The van der Waals surface area contributed by atoms with Crippen molar-refractivity contribution in [2.75, 3.05) is 30.5 Å². The lowest BCUT2D eigenvalue weighted by atomic mass is 10.2. The maximum atomic E-state index is 10.3. The van der Waals surface area contributed by atoms with E-state index < -0.39 is 0 Å². The molecule has 3 aromatic rings. The van der Waals surface area contributed by atoms with E-state index in [1.54, 1.807) is 12.1 Å². The van der Waals surface area contributed by atoms with Gasteiger partial charge < -0.3 is 25.2 Å². The average molecular weight is 371 g/mol. The van der Waals surface area contributed by atoms with Gasteiger partial charge in [0.2, 0.25) is 11.6 Å². The number of hydrogen-bond acceptors (Lipinski definition) is 9. The van der Waals surface area contributed by atoms with Crippen LogP contribution in [0.3, 0.4) is 0 Å². The number of aliphatic hydroxyl groups excluding tert-OH is 1. The van der Waals surface area contributed by atoms with E-state index in [4.69, 9.17) is 4.74 Å². The Labute approximate surface area is 155 Å². The van der Waals surface area contributed by atoms with E-state index in [9.17, 15) is 10.2 Å². The minimum Gasteiger partial charge on any atom is -0.504 e. The van der Waals surface area contributed by atoms with Gasteiger partial charge >= 0.3 is 0 Å². The van der Waals surface area contributed by atoms with Crippen molar-refractivity contribution in [3.8, 4) is 11.5 Å². The van der Waals surface area contributed by atoms with Crippen molar-refractivity contribution in [2.45, 2.75) is 25.4 Å². The number of hydrogen-bond donors (Lipinski definition) is 4. The maximum absolute atomic E-state index is 10.3. The van der Waals surface area contributed by atoms with Crippen LogP contribution in [0.2, 0.25) is 0 Å². The molecular weight excluding hydrogens is 350 g/mol. The zero-order chi connectivity index (χ0) is 18.8. The summed E-state index contributed by atoms with van der Waals surface area (Å²) in [6, 6.07) is 5.31. The summed E-state index contributed by atoms with van der Waals surface area (Å²) < 4.78 is 5.15. The Hall–Kier alpha value is -3.14. The number of aromatic hydroxyl groups is 1. The average Bonchev–Trinajstić information content (AvgIpc) is 3.35. The van der Waals surface area contributed by atoms with E-state index in [2.05, 4.69) is 30.7 Å². The fourth-order valence-corrected chi connectivity index (χ4v) is 3.33. The summed E-state index contributed by atoms with van der Waals surface area (Å²) in [5.74, 6) is 1.50. The van der Waals surface area contributed by atoms with Crippen molar-refractivity contribution in [2.24, 2.45) is 0 Å². The predicted molar refractivity (Wildman–Crippen MR) is 98.9 cm³/mol. The van der Waals surface area contributed by atoms with Crippen LogP contribution in [-0.4, -0.2) is 61.9 Å². The maximum Gasteiger partial charge on any atom is 0.229 e. The van der Waals surface area contributed by atoms with Crippen molar-refractivity contribution in [3.63, 3.8) is 0 Å². The van der Waals surface area contributed by atoms with E-state index in [0.717, 1.165) is 19.4 Å². The summed E-state index contributed by atoms with van der Waals surface area (Å²) in [4.78, 5) is 11.1. The number of anilines is 2. The molecule has 1 fully saturated rings. The Morgan fingerprint density at radius 3 is 3.04 bits per heavy atom. The van der Waals surface area contributed by atoms with Gasteiger partial charge in [0.25, 0.3) is 0 Å². The van der Waals surface area contributed by atoms with Crippen LogP contribution < -0.4 is 15.0 Å². The molecule has 1 atom stereocenters. The highest BCUT2D eigenvalue weighted by Crippen LogP contribution is 2.31. The number of nitrogens with zero attached hydrogens (tertiary/aromatic N) is 5. The summed E-state index contributed by atoms with van der Waals surface area (Å²) >= 11 is 0. The van der Waals surface area contributed by atoms with Gasteiger partial charge in [0.05, 0.1) is 19.8 Å². The number of para-hydroxylation sites is 1. The highest BCUT2D eigenvalue weighted by atomic mass is 16.5. The summed E-state index contributed by atoms with van der Waals surface area (Å²) in [5, 5.41) is 33.8. The number of rotatable bonds is 6. The number of phenols is 1. The first-order valence-corrected chi connectivity index (χ1v) is 8.76. The first-order chi connectivity index (χ1) is 13.2. The Balaban J connectivity index is 1.64. The SMILES string of the molecule is COc1cccc(CNc2nc(N3CCCC3CO)nc3n[nH]nc23)c1O. The van der Waals surface area contributed by atoms with Crippen LogP contribution >= 0.6 is 0 Å². The zero-order valence-corrected chi connectivity index (χ0v) is 14.9. The lowest BCUT2D eigenvalue weighted by Gasteiger charge is -2.23. The Morgan fingerprint density at radius 2 is 2.22 bits per heavy atom. The van der Waals surface area contributed by atoms with Crippen LogP contribution in [0.5, 0.6) is 11.5 Å². The zero-order valence-electron chi connectivity index (χ0n) is 14.9. The Bertz CT molecular complexity index is 945. The minimum absolute atomic E-state index is 0.00429. The van der Waals surface area contributed by atoms with Crippen molar-refractivity contribution in [1.29, 1.82) is 0 Å². The summed E-state index contributed by atoms with van der Waals surface area (Å²) in [6.45, 7) is 1.16. The van der Waals surface area contributed by atoms with Crippen molar-refractivity contribution >= 4 is 22.9 Å². The fourth-order valence-electron chi connectivity index (χ4n) is 3.33. The lowest BCUT2D eigenvalue weighted by Crippen LogP contribution is -2.33. The smallest absolute Gasteiger partial charge is 0.229 e. The molecule has 3 heterocycles. The van der Waals surface area contributed by atoms with Crippen LogP contribution in [0.15, 0.2) is 18.2 Å². The highest BCUT2D eigenvalue weighted by molar-refractivity contribution is 5.83. The molecule has 10 nitrogen and oxygen atoms in total. The number of nitrogens with one attached hydrogen (secondary N) is 2. The first kappa shape index (κ1) is 17.3. The molecule has 1 saturated heterocycles. The number of H-pyrrole nitrogens is 1. The molecule has 27 heavy (non-hydrogen) atoms. The molecule has 1 unspecified atom stereocenters. The van der Waals surface area contributed by atoms with Crippen LogP contribution in [0, 0.1) is 0 Å². The summed E-state index contributed by atoms with van der Waals surface area (Å²) in [5.41, 5.74) is 1.63. The molecule has 0 bridgehead atoms. The quantitative estimate of drug-likeness (QED) is 0.501. The predicted octanol–water partition coefficient (Wildman–Crippen LogP) is 1.04. The number of benzene rings is 1. The monoisotopic (exact) mass is 371 g/mol. The fraction of sp³-hybridized carbons (Fsp3) is 0.412. The summed E-state index contributed by atoms with van der Waals surface area (Å²) in [6.07, 6.45) is 1.88. The molecule has 0 radical (unpaired) electrons. The third kappa shape index (κ3) is 3.19. The topological polar surface area (TPSA) is 132 Å². The van der Waals surface area contributed by atoms with Gasteiger partial charge in [0.1, 0.15) is 0 Å². The molecule has 0 amide bonds. The largest absolute Gasteiger partial charge is 0.504 e. The molecule has 4 N–H and O–H groups in total. The number of aliphatic hydroxyl groups is 1. The van der Waals surface area contributed by atoms with Gasteiger partial charge in [0, 0.05) is 18.7 Å². The van der Waals surface area contributed by atoms with Crippen molar-refractivity contribution in [3.05, 3.63) is 23.8 Å². The van der Waals surface area contributed by atoms with Crippen molar-refractivity contribution in [1.82, 2.24) is 25.4 Å². The third-order valence-corrected chi connectivity index (χ3v) is 4.77. The van der Waals surface area contributed by atoms with Crippen molar-refractivity contribution < 1.29 is 14.9 Å². The van der Waals surface area contributed by atoms with E-state index in [-0.39, 0.29) is 18.4 Å². The number of methoxy groups -OCH3 is 1. The number of fused-ring (bicyclic) bond motifs is 1. The van der Waals surface area contributed by atoms with E-state index in [0.29, 0.717) is 40.8 Å². The van der Waals surface area contributed by atoms with Gasteiger partial charge in [-0.25, -0.2) is 0 Å². The van der Waals surface area contributed by atoms with E-state index >= 15 is 0 Å². The highest BCUT2D eigenvalue weighted by Gasteiger charge is 2.27. The lowest BCUT2D eigenvalue weighted by molar-refractivity contribution is 0.265. The van der Waals surface area contributed by atoms with Gasteiger partial charge in [-0.1, -0.05) is 12.1 Å². The molecule has 1 aliphatic rings. The van der Waals surface area contributed by atoms with Gasteiger partial charge in [-0.3, -0.25) is 0 Å². The molecule has 10 heteroatoms. The Kier molecular flexibility index (Phi) is 4.63. The number of aromatic amines is 1. The molecule has 1 aliphatic heterocycles. The number of phenolic OH excluding ortho intramolecular Hbond substituents is 1. The minimum atomic E-state index is 0.00429. The van der Waals surface area contributed by atoms with Gasteiger partial charge in [-0.05, 0) is 18.9 Å². The van der Waals surface area contributed by atoms with Gasteiger partial charge in [-0.2, -0.15) is 20.3 Å². The van der Waals surface area contributed by atoms with Gasteiger partial charge in [0.15, 0.2) is 22.8 Å². The first-order valence-electron chi connectivity index (χ1n) is 8.76. The van der Waals surface area contributed by atoms with Gasteiger partial charge in [-0.15, -0.1) is 5.10 Å². The second-order valence-corrected chi connectivity index (χ2v) is 6.36. The summed E-state index contributed by atoms with van der Waals surface area (Å²) in [7, 11) is 1.51. The second-order valence-electron chi connectivity index (χ2n) is 6.36. The van der Waals surface area contributed by atoms with Crippen LogP contribution in [0.4, 0.5) is 11.8 Å². The molecule has 2 aromatic heterocycles. The van der Waals surface area contributed by atoms with Crippen LogP contribution in [-0.2, 0) is 6.54 Å². The van der Waals surface area contributed by atoms with Crippen LogP contribution in [0.1, 0.15) is 18.4 Å². The standard InChI is InChI=1S/C17H21N7O3/c1-27-12-6-2-4-10(14(12)26)8-18-15-13-16(22-23-21-13)20-17(19-15)24-7-3-5-11(24)9-25/h2,4,6,11,25-26H,3,5,7-9H2,1H3,(H2,18,19,20,21,22,23). The number of aromatic nitrogens is 5. The molecule has 4 rings (SSSR count). The Morgan fingerprint density at radius 1 is 1.33 bits per heavy atom. The molecule has 0 aliphatic carbocycles. The molecule has 1 aromatic carbocycles. The molecule has 0 saturated carbocycles. The third-order valence-electron chi connectivity index (χ3n) is 4.77. The molecule has 142 valence electrons. The van der Waals surface area contributed by atoms with E-state index in [1.807, 2.05) is 11.0 Å². The second kappa shape index (κ2) is 7.23. The van der Waals surface area contributed by atoms with Crippen LogP contribution in [0.25, 0.3) is 11.2 Å². The molecule has 0 spiro atoms. The van der Waals surface area contributed by atoms with E-state index in [1.165, 1.54) is 7.11 Å².